The number of sulfonamides is 2. The maximum absolute atomic E-state index is 13.2. The van der Waals surface area contributed by atoms with Crippen LogP contribution in [0.15, 0.2) is 64.4 Å². The second-order valence-electron chi connectivity index (χ2n) is 7.68. The molecule has 2 fully saturated rings. The average Bonchev–Trinajstić information content (AvgIpc) is 3.42. The van der Waals surface area contributed by atoms with E-state index in [4.69, 9.17) is 0 Å². The standard InChI is InChI=1S/C21H26N2O4S2/c24-28(25,22-14-4-5-15-22)20-10-12-21(13-11-20)29(26,27)23-16-6-9-19(23)17-18-7-2-1-3-8-18/h1-3,7-8,10-13,19H,4-6,9,14-17H2. The lowest BCUT2D eigenvalue weighted by atomic mass is 10.1. The monoisotopic (exact) mass is 434 g/mol. The normalized spacial score (nSPS) is 21.6. The largest absolute Gasteiger partial charge is 0.243 e. The van der Waals surface area contributed by atoms with Gasteiger partial charge in [-0.1, -0.05) is 30.3 Å². The van der Waals surface area contributed by atoms with Crippen LogP contribution in [0.2, 0.25) is 0 Å². The minimum Gasteiger partial charge on any atom is -0.207 e. The van der Waals surface area contributed by atoms with E-state index in [1.807, 2.05) is 30.3 Å². The van der Waals surface area contributed by atoms with Crippen LogP contribution in [0.1, 0.15) is 31.2 Å². The van der Waals surface area contributed by atoms with E-state index in [0.29, 0.717) is 26.1 Å². The molecule has 4 rings (SSSR count). The molecule has 156 valence electrons. The Balaban J connectivity index is 1.55. The number of hydrogen-bond donors (Lipinski definition) is 0. The van der Waals surface area contributed by atoms with Crippen molar-refractivity contribution >= 4 is 20.0 Å². The first-order valence-corrected chi connectivity index (χ1v) is 12.9. The Bertz CT molecular complexity index is 1050. The third kappa shape index (κ3) is 4.12. The molecule has 0 radical (unpaired) electrons. The molecule has 0 amide bonds. The molecule has 2 heterocycles. The Hall–Kier alpha value is -1.74. The molecule has 1 unspecified atom stereocenters. The molecule has 8 heteroatoms. The van der Waals surface area contributed by atoms with E-state index in [1.54, 1.807) is 4.31 Å². The van der Waals surface area contributed by atoms with Gasteiger partial charge in [-0.05, 0) is 61.9 Å². The zero-order chi connectivity index (χ0) is 20.5. The first-order chi connectivity index (χ1) is 13.9. The van der Waals surface area contributed by atoms with E-state index in [0.717, 1.165) is 31.2 Å². The van der Waals surface area contributed by atoms with Gasteiger partial charge in [0, 0.05) is 25.7 Å². The van der Waals surface area contributed by atoms with Crippen molar-refractivity contribution in [3.05, 3.63) is 60.2 Å². The molecule has 2 aromatic rings. The van der Waals surface area contributed by atoms with Gasteiger partial charge in [-0.3, -0.25) is 0 Å². The fourth-order valence-electron chi connectivity index (χ4n) is 4.21. The quantitative estimate of drug-likeness (QED) is 0.701. The minimum atomic E-state index is -3.66. The van der Waals surface area contributed by atoms with Gasteiger partial charge < -0.3 is 0 Å². The fourth-order valence-corrected chi connectivity index (χ4v) is 7.42. The van der Waals surface area contributed by atoms with Crippen LogP contribution in [0, 0.1) is 0 Å². The summed E-state index contributed by atoms with van der Waals surface area (Å²) < 4.78 is 54.8. The molecule has 0 aliphatic carbocycles. The van der Waals surface area contributed by atoms with E-state index in [2.05, 4.69) is 0 Å². The second kappa shape index (κ2) is 8.18. The van der Waals surface area contributed by atoms with Crippen LogP contribution in [0.25, 0.3) is 0 Å². The van der Waals surface area contributed by atoms with Gasteiger partial charge in [0.25, 0.3) is 0 Å². The lowest BCUT2D eigenvalue weighted by Crippen LogP contribution is -2.36. The second-order valence-corrected chi connectivity index (χ2v) is 11.5. The summed E-state index contributed by atoms with van der Waals surface area (Å²) in [6, 6.07) is 15.5. The number of rotatable bonds is 6. The predicted molar refractivity (Wildman–Crippen MR) is 111 cm³/mol. The van der Waals surface area contributed by atoms with Crippen LogP contribution in [0.4, 0.5) is 0 Å². The summed E-state index contributed by atoms with van der Waals surface area (Å²) in [7, 11) is -7.21. The maximum atomic E-state index is 13.2. The lowest BCUT2D eigenvalue weighted by Gasteiger charge is -2.24. The SMILES string of the molecule is O=S(=O)(c1ccc(S(=O)(=O)N2CCCC2Cc2ccccc2)cc1)N1CCCC1. The summed E-state index contributed by atoms with van der Waals surface area (Å²) in [4.78, 5) is 0.304. The van der Waals surface area contributed by atoms with Crippen LogP contribution in [-0.2, 0) is 26.5 Å². The molecule has 29 heavy (non-hydrogen) atoms. The summed E-state index contributed by atoms with van der Waals surface area (Å²) in [5.74, 6) is 0. The van der Waals surface area contributed by atoms with E-state index in [-0.39, 0.29) is 15.8 Å². The highest BCUT2D eigenvalue weighted by Crippen LogP contribution is 2.29. The van der Waals surface area contributed by atoms with E-state index in [9.17, 15) is 16.8 Å². The fraction of sp³-hybridized carbons (Fsp3) is 0.429. The topological polar surface area (TPSA) is 74.8 Å². The summed E-state index contributed by atoms with van der Waals surface area (Å²) in [5.41, 5.74) is 1.12. The highest BCUT2D eigenvalue weighted by molar-refractivity contribution is 7.89. The molecule has 2 saturated heterocycles. The van der Waals surface area contributed by atoms with E-state index < -0.39 is 20.0 Å². The predicted octanol–water partition coefficient (Wildman–Crippen LogP) is 2.87. The zero-order valence-electron chi connectivity index (χ0n) is 16.3. The highest BCUT2D eigenvalue weighted by Gasteiger charge is 2.35. The third-order valence-electron chi connectivity index (χ3n) is 5.77. The van der Waals surface area contributed by atoms with Crippen molar-refractivity contribution in [3.8, 4) is 0 Å². The van der Waals surface area contributed by atoms with E-state index >= 15 is 0 Å². The molecular formula is C21H26N2O4S2. The van der Waals surface area contributed by atoms with Gasteiger partial charge >= 0.3 is 0 Å². The maximum Gasteiger partial charge on any atom is 0.243 e. The van der Waals surface area contributed by atoms with Crippen LogP contribution in [-0.4, -0.2) is 51.1 Å². The molecule has 0 aromatic heterocycles. The molecule has 0 saturated carbocycles. The Labute approximate surface area is 173 Å². The molecule has 1 atom stereocenters. The van der Waals surface area contributed by atoms with Gasteiger partial charge in [0.1, 0.15) is 0 Å². The zero-order valence-corrected chi connectivity index (χ0v) is 17.9. The lowest BCUT2D eigenvalue weighted by molar-refractivity contribution is 0.385. The summed E-state index contributed by atoms with van der Waals surface area (Å²) in [5, 5.41) is 0. The van der Waals surface area contributed by atoms with Gasteiger partial charge in [-0.25, -0.2) is 16.8 Å². The van der Waals surface area contributed by atoms with Crippen molar-refractivity contribution in [2.24, 2.45) is 0 Å². The van der Waals surface area contributed by atoms with Crippen molar-refractivity contribution in [2.45, 2.75) is 47.9 Å². The minimum absolute atomic E-state index is 0.0737. The van der Waals surface area contributed by atoms with Gasteiger partial charge in [0.15, 0.2) is 0 Å². The van der Waals surface area contributed by atoms with Crippen LogP contribution in [0.3, 0.4) is 0 Å². The van der Waals surface area contributed by atoms with Crippen molar-refractivity contribution < 1.29 is 16.8 Å². The Morgan fingerprint density at radius 2 is 1.31 bits per heavy atom. The summed E-state index contributed by atoms with van der Waals surface area (Å²) >= 11 is 0. The molecule has 2 aliphatic rings. The van der Waals surface area contributed by atoms with Gasteiger partial charge in [0.2, 0.25) is 20.0 Å². The highest BCUT2D eigenvalue weighted by atomic mass is 32.2. The molecule has 6 nitrogen and oxygen atoms in total. The number of hydrogen-bond acceptors (Lipinski definition) is 4. The average molecular weight is 435 g/mol. The Kier molecular flexibility index (Phi) is 5.79. The number of nitrogens with zero attached hydrogens (tertiary/aromatic N) is 2. The molecular weight excluding hydrogens is 408 g/mol. The molecule has 2 aromatic carbocycles. The summed E-state index contributed by atoms with van der Waals surface area (Å²) in [6.45, 7) is 1.54. The van der Waals surface area contributed by atoms with Crippen LogP contribution >= 0.6 is 0 Å². The summed E-state index contributed by atoms with van der Waals surface area (Å²) in [6.07, 6.45) is 4.07. The molecule has 2 aliphatic heterocycles. The van der Waals surface area contributed by atoms with Crippen molar-refractivity contribution in [3.63, 3.8) is 0 Å². The van der Waals surface area contributed by atoms with Crippen molar-refractivity contribution in [1.29, 1.82) is 0 Å². The first-order valence-electron chi connectivity index (χ1n) is 10.0. The van der Waals surface area contributed by atoms with Gasteiger partial charge in [-0.15, -0.1) is 0 Å². The van der Waals surface area contributed by atoms with Gasteiger partial charge in [0.05, 0.1) is 9.79 Å². The third-order valence-corrected chi connectivity index (χ3v) is 9.65. The van der Waals surface area contributed by atoms with E-state index in [1.165, 1.54) is 28.6 Å². The molecule has 0 spiro atoms. The van der Waals surface area contributed by atoms with Crippen LogP contribution in [0.5, 0.6) is 0 Å². The first kappa shape index (κ1) is 20.5. The van der Waals surface area contributed by atoms with Crippen LogP contribution < -0.4 is 0 Å². The van der Waals surface area contributed by atoms with Crippen molar-refractivity contribution in [2.75, 3.05) is 19.6 Å². The molecule has 0 bridgehead atoms. The Morgan fingerprint density at radius 3 is 1.93 bits per heavy atom. The Morgan fingerprint density at radius 1 is 0.724 bits per heavy atom. The smallest absolute Gasteiger partial charge is 0.207 e. The van der Waals surface area contributed by atoms with Crippen molar-refractivity contribution in [1.82, 2.24) is 8.61 Å². The molecule has 0 N–H and O–H groups in total. The number of benzene rings is 2. The van der Waals surface area contributed by atoms with Gasteiger partial charge in [-0.2, -0.15) is 8.61 Å².